The summed E-state index contributed by atoms with van der Waals surface area (Å²) in [6.45, 7) is 5.45. The van der Waals surface area contributed by atoms with Gasteiger partial charge in [-0.3, -0.25) is 4.90 Å². The maximum atomic E-state index is 5.62. The summed E-state index contributed by atoms with van der Waals surface area (Å²) in [6, 6.07) is 1.84. The summed E-state index contributed by atoms with van der Waals surface area (Å²) < 4.78 is 5.30. The number of ether oxygens (including phenoxy) is 1. The molecule has 7 nitrogen and oxygen atoms in total. The fourth-order valence-corrected chi connectivity index (χ4v) is 1.85. The van der Waals surface area contributed by atoms with Gasteiger partial charge in [-0.1, -0.05) is 0 Å². The smallest absolute Gasteiger partial charge is 0.223 e. The summed E-state index contributed by atoms with van der Waals surface area (Å²) in [7, 11) is 1.80. The van der Waals surface area contributed by atoms with Gasteiger partial charge in [0.05, 0.1) is 13.2 Å². The van der Waals surface area contributed by atoms with Gasteiger partial charge >= 0.3 is 0 Å². The Balaban J connectivity index is 1.80. The molecular formula is C11H20N6O. The third-order valence-electron chi connectivity index (χ3n) is 2.84. The highest BCUT2D eigenvalue weighted by Crippen LogP contribution is 2.11. The highest BCUT2D eigenvalue weighted by molar-refractivity contribution is 5.50. The second-order valence-corrected chi connectivity index (χ2v) is 4.13. The quantitative estimate of drug-likeness (QED) is 0.671. The van der Waals surface area contributed by atoms with Crippen molar-refractivity contribution in [2.45, 2.75) is 0 Å². The molecule has 1 aromatic rings. The van der Waals surface area contributed by atoms with Crippen LogP contribution < -0.4 is 16.4 Å². The number of aromatic nitrogens is 2. The largest absolute Gasteiger partial charge is 0.379 e. The lowest BCUT2D eigenvalue weighted by molar-refractivity contribution is 0.0398. The summed E-state index contributed by atoms with van der Waals surface area (Å²) in [5.41, 5.74) is 5.62. The Morgan fingerprint density at radius 1 is 1.33 bits per heavy atom. The molecule has 100 valence electrons. The van der Waals surface area contributed by atoms with Crippen molar-refractivity contribution in [1.82, 2.24) is 14.9 Å². The Kier molecular flexibility index (Phi) is 4.54. The second kappa shape index (κ2) is 6.36. The van der Waals surface area contributed by atoms with Crippen LogP contribution in [0.2, 0.25) is 0 Å². The standard InChI is InChI=1S/C11H20N6O/c1-13-9-8-10(16-11(12)15-9)14-2-3-17-4-6-18-7-5-17/h8H,2-7H2,1H3,(H4,12,13,14,15,16). The number of anilines is 3. The number of hydrogen-bond acceptors (Lipinski definition) is 7. The van der Waals surface area contributed by atoms with E-state index in [-0.39, 0.29) is 5.95 Å². The first-order valence-electron chi connectivity index (χ1n) is 6.14. The molecule has 2 heterocycles. The molecule has 0 atom stereocenters. The van der Waals surface area contributed by atoms with Gasteiger partial charge in [0.15, 0.2) is 0 Å². The van der Waals surface area contributed by atoms with Crippen LogP contribution in [0, 0.1) is 0 Å². The molecule has 18 heavy (non-hydrogen) atoms. The minimum absolute atomic E-state index is 0.274. The van der Waals surface area contributed by atoms with Crippen molar-refractivity contribution in [3.05, 3.63) is 6.07 Å². The zero-order valence-electron chi connectivity index (χ0n) is 10.6. The molecule has 2 rings (SSSR count). The summed E-state index contributed by atoms with van der Waals surface area (Å²) in [5, 5.41) is 6.20. The highest BCUT2D eigenvalue weighted by atomic mass is 16.5. The van der Waals surface area contributed by atoms with Crippen molar-refractivity contribution in [2.24, 2.45) is 0 Å². The zero-order valence-corrected chi connectivity index (χ0v) is 10.6. The third kappa shape index (κ3) is 3.71. The topological polar surface area (TPSA) is 88.3 Å². The molecule has 4 N–H and O–H groups in total. The van der Waals surface area contributed by atoms with Crippen LogP contribution in [0.5, 0.6) is 0 Å². The van der Waals surface area contributed by atoms with Gasteiger partial charge in [-0.2, -0.15) is 9.97 Å². The SMILES string of the molecule is CNc1cc(NCCN2CCOCC2)nc(N)n1. The van der Waals surface area contributed by atoms with Crippen molar-refractivity contribution in [2.75, 3.05) is 62.8 Å². The van der Waals surface area contributed by atoms with Crippen LogP contribution in [-0.2, 0) is 4.74 Å². The minimum Gasteiger partial charge on any atom is -0.379 e. The van der Waals surface area contributed by atoms with Gasteiger partial charge in [-0.15, -0.1) is 0 Å². The van der Waals surface area contributed by atoms with E-state index in [0.717, 1.165) is 51.0 Å². The Morgan fingerprint density at radius 2 is 2.06 bits per heavy atom. The normalized spacial score (nSPS) is 16.5. The molecule has 0 aromatic carbocycles. The maximum Gasteiger partial charge on any atom is 0.223 e. The van der Waals surface area contributed by atoms with E-state index < -0.39 is 0 Å². The first kappa shape index (κ1) is 12.8. The molecule has 0 amide bonds. The molecule has 0 aliphatic carbocycles. The van der Waals surface area contributed by atoms with Crippen LogP contribution in [0.15, 0.2) is 6.07 Å². The Morgan fingerprint density at radius 3 is 2.78 bits per heavy atom. The lowest BCUT2D eigenvalue weighted by Gasteiger charge is -2.26. The molecule has 1 aliphatic heterocycles. The van der Waals surface area contributed by atoms with Gasteiger partial charge in [0.25, 0.3) is 0 Å². The maximum absolute atomic E-state index is 5.62. The summed E-state index contributed by atoms with van der Waals surface area (Å²) in [6.07, 6.45) is 0. The summed E-state index contributed by atoms with van der Waals surface area (Å²) in [4.78, 5) is 10.5. The van der Waals surface area contributed by atoms with E-state index in [4.69, 9.17) is 10.5 Å². The molecule has 0 unspecified atom stereocenters. The van der Waals surface area contributed by atoms with Crippen LogP contribution in [0.25, 0.3) is 0 Å². The number of rotatable bonds is 5. The molecule has 1 aliphatic rings. The van der Waals surface area contributed by atoms with Gasteiger partial charge in [0.2, 0.25) is 5.95 Å². The molecule has 0 spiro atoms. The Labute approximate surface area is 107 Å². The first-order valence-corrected chi connectivity index (χ1v) is 6.14. The number of nitrogens with one attached hydrogen (secondary N) is 2. The van der Waals surface area contributed by atoms with Crippen molar-refractivity contribution in [1.29, 1.82) is 0 Å². The number of nitrogens with two attached hydrogens (primary N) is 1. The Bertz CT molecular complexity index is 380. The highest BCUT2D eigenvalue weighted by Gasteiger charge is 2.09. The predicted octanol–water partition coefficient (Wildman–Crippen LogP) is -0.155. The average Bonchev–Trinajstić information content (AvgIpc) is 2.39. The second-order valence-electron chi connectivity index (χ2n) is 4.13. The van der Waals surface area contributed by atoms with Crippen molar-refractivity contribution >= 4 is 17.6 Å². The van der Waals surface area contributed by atoms with E-state index in [1.165, 1.54) is 0 Å². The molecule has 0 saturated carbocycles. The van der Waals surface area contributed by atoms with Crippen LogP contribution in [0.4, 0.5) is 17.6 Å². The minimum atomic E-state index is 0.274. The number of hydrogen-bond donors (Lipinski definition) is 3. The van der Waals surface area contributed by atoms with Crippen LogP contribution in [0.3, 0.4) is 0 Å². The van der Waals surface area contributed by atoms with Gasteiger partial charge in [0, 0.05) is 39.3 Å². The number of morpholine rings is 1. The fourth-order valence-electron chi connectivity index (χ4n) is 1.85. The van der Waals surface area contributed by atoms with E-state index in [1.54, 1.807) is 7.05 Å². The van der Waals surface area contributed by atoms with E-state index in [0.29, 0.717) is 0 Å². The molecular weight excluding hydrogens is 232 g/mol. The van der Waals surface area contributed by atoms with Gasteiger partial charge in [-0.25, -0.2) is 0 Å². The van der Waals surface area contributed by atoms with Gasteiger partial charge in [-0.05, 0) is 0 Å². The lowest BCUT2D eigenvalue weighted by atomic mass is 10.4. The van der Waals surface area contributed by atoms with Crippen LogP contribution in [-0.4, -0.2) is 61.3 Å². The Hall–Kier alpha value is -1.60. The molecule has 0 bridgehead atoms. The van der Waals surface area contributed by atoms with E-state index in [2.05, 4.69) is 25.5 Å². The van der Waals surface area contributed by atoms with E-state index in [9.17, 15) is 0 Å². The monoisotopic (exact) mass is 252 g/mol. The number of nitrogen functional groups attached to an aromatic ring is 1. The van der Waals surface area contributed by atoms with Gasteiger partial charge in [0.1, 0.15) is 11.6 Å². The lowest BCUT2D eigenvalue weighted by Crippen LogP contribution is -2.39. The molecule has 1 aromatic heterocycles. The van der Waals surface area contributed by atoms with Gasteiger partial charge < -0.3 is 21.1 Å². The fraction of sp³-hybridized carbons (Fsp3) is 0.636. The van der Waals surface area contributed by atoms with Crippen molar-refractivity contribution in [3.63, 3.8) is 0 Å². The van der Waals surface area contributed by atoms with E-state index in [1.807, 2.05) is 6.07 Å². The van der Waals surface area contributed by atoms with Crippen LogP contribution >= 0.6 is 0 Å². The number of nitrogens with zero attached hydrogens (tertiary/aromatic N) is 3. The third-order valence-corrected chi connectivity index (χ3v) is 2.84. The molecule has 1 fully saturated rings. The van der Waals surface area contributed by atoms with E-state index >= 15 is 0 Å². The average molecular weight is 252 g/mol. The molecule has 1 saturated heterocycles. The zero-order chi connectivity index (χ0) is 12.8. The van der Waals surface area contributed by atoms with Crippen molar-refractivity contribution < 1.29 is 4.74 Å². The van der Waals surface area contributed by atoms with Crippen LogP contribution in [0.1, 0.15) is 0 Å². The molecule has 0 radical (unpaired) electrons. The summed E-state index contributed by atoms with van der Waals surface area (Å²) in [5.74, 6) is 1.74. The molecule has 7 heteroatoms. The first-order chi connectivity index (χ1) is 8.78. The summed E-state index contributed by atoms with van der Waals surface area (Å²) >= 11 is 0. The van der Waals surface area contributed by atoms with Crippen molar-refractivity contribution in [3.8, 4) is 0 Å². The predicted molar refractivity (Wildman–Crippen MR) is 71.7 cm³/mol.